The smallest absolute Gasteiger partial charge is 0.247 e. The molecule has 1 aromatic carbocycles. The summed E-state index contributed by atoms with van der Waals surface area (Å²) in [5, 5.41) is 10.3. The molecule has 21 heavy (non-hydrogen) atoms. The second-order valence-corrected chi connectivity index (χ2v) is 5.04. The average Bonchev–Trinajstić information content (AvgIpc) is 3.03. The van der Waals surface area contributed by atoms with Gasteiger partial charge in [-0.2, -0.15) is 0 Å². The van der Waals surface area contributed by atoms with Crippen LogP contribution >= 0.6 is 0 Å². The second-order valence-electron chi connectivity index (χ2n) is 5.04. The van der Waals surface area contributed by atoms with Crippen LogP contribution in [0.5, 0.6) is 0 Å². The number of aromatic nitrogens is 2. The summed E-state index contributed by atoms with van der Waals surface area (Å²) in [4.78, 5) is 12.3. The van der Waals surface area contributed by atoms with Crippen LogP contribution in [0.1, 0.15) is 12.8 Å². The molecule has 0 atom stereocenters. The molecule has 1 amide bonds. The largest absolute Gasteiger partial charge is 0.423 e. The number of carbonyl (C=O) groups is 1. The summed E-state index contributed by atoms with van der Waals surface area (Å²) in [5.41, 5.74) is 6.75. The Morgan fingerprint density at radius 3 is 2.57 bits per heavy atom. The van der Waals surface area contributed by atoms with Crippen LogP contribution in [0, 0.1) is 0 Å². The number of hydrogen-bond acceptors (Lipinski definition) is 6. The summed E-state index contributed by atoms with van der Waals surface area (Å²) in [6.45, 7) is 1.03. The SMILES string of the molecule is NC1(C(=O)Nc2ccc(-c3nnco3)cc2)CCOCC1. The van der Waals surface area contributed by atoms with E-state index in [-0.39, 0.29) is 5.91 Å². The molecule has 3 rings (SSSR count). The van der Waals surface area contributed by atoms with Crippen molar-refractivity contribution in [1.29, 1.82) is 0 Å². The highest BCUT2D eigenvalue weighted by molar-refractivity contribution is 5.98. The van der Waals surface area contributed by atoms with Crippen molar-refractivity contribution < 1.29 is 13.9 Å². The Hall–Kier alpha value is -2.25. The van der Waals surface area contributed by atoms with Gasteiger partial charge >= 0.3 is 0 Å². The third-order valence-corrected chi connectivity index (χ3v) is 3.59. The predicted octanol–water partition coefficient (Wildman–Crippen LogP) is 1.18. The molecule has 2 heterocycles. The summed E-state index contributed by atoms with van der Waals surface area (Å²) in [6.07, 6.45) is 2.33. The van der Waals surface area contributed by atoms with Gasteiger partial charge < -0.3 is 20.2 Å². The monoisotopic (exact) mass is 288 g/mol. The third kappa shape index (κ3) is 2.93. The fourth-order valence-electron chi connectivity index (χ4n) is 2.21. The molecule has 1 aliphatic rings. The Morgan fingerprint density at radius 2 is 1.95 bits per heavy atom. The Balaban J connectivity index is 1.69. The molecule has 0 unspecified atom stereocenters. The highest BCUT2D eigenvalue weighted by Gasteiger charge is 2.35. The van der Waals surface area contributed by atoms with Crippen LogP contribution < -0.4 is 11.1 Å². The first-order chi connectivity index (χ1) is 10.2. The Morgan fingerprint density at radius 1 is 1.24 bits per heavy atom. The minimum atomic E-state index is -0.858. The fraction of sp³-hybridized carbons (Fsp3) is 0.357. The lowest BCUT2D eigenvalue weighted by Gasteiger charge is -2.31. The number of anilines is 1. The highest BCUT2D eigenvalue weighted by Crippen LogP contribution is 2.22. The van der Waals surface area contributed by atoms with Gasteiger partial charge in [0.1, 0.15) is 5.54 Å². The van der Waals surface area contributed by atoms with Crippen LogP contribution in [0.4, 0.5) is 5.69 Å². The number of nitrogens with zero attached hydrogens (tertiary/aromatic N) is 2. The number of amides is 1. The summed E-state index contributed by atoms with van der Waals surface area (Å²) in [5.74, 6) is 0.254. The van der Waals surface area contributed by atoms with Crippen LogP contribution in [0.3, 0.4) is 0 Å². The normalized spacial score (nSPS) is 17.4. The van der Waals surface area contributed by atoms with Crippen LogP contribution in [-0.2, 0) is 9.53 Å². The number of nitrogens with one attached hydrogen (secondary N) is 1. The molecule has 7 heteroatoms. The Bertz CT molecular complexity index is 604. The van der Waals surface area contributed by atoms with Crippen LogP contribution in [-0.4, -0.2) is 34.9 Å². The van der Waals surface area contributed by atoms with Gasteiger partial charge in [0.2, 0.25) is 18.2 Å². The highest BCUT2D eigenvalue weighted by atomic mass is 16.5. The van der Waals surface area contributed by atoms with E-state index in [9.17, 15) is 4.79 Å². The summed E-state index contributed by atoms with van der Waals surface area (Å²) >= 11 is 0. The van der Waals surface area contributed by atoms with Crippen molar-refractivity contribution in [2.45, 2.75) is 18.4 Å². The van der Waals surface area contributed by atoms with Crippen LogP contribution in [0.25, 0.3) is 11.5 Å². The number of ether oxygens (including phenoxy) is 1. The van der Waals surface area contributed by atoms with Crippen molar-refractivity contribution in [3.63, 3.8) is 0 Å². The summed E-state index contributed by atoms with van der Waals surface area (Å²) in [7, 11) is 0. The van der Waals surface area contributed by atoms with E-state index in [1.54, 1.807) is 24.3 Å². The van der Waals surface area contributed by atoms with E-state index in [4.69, 9.17) is 14.9 Å². The maximum absolute atomic E-state index is 12.3. The van der Waals surface area contributed by atoms with Gasteiger partial charge in [-0.3, -0.25) is 4.79 Å². The summed E-state index contributed by atoms with van der Waals surface area (Å²) < 4.78 is 10.3. The number of nitrogens with two attached hydrogens (primary N) is 1. The average molecular weight is 288 g/mol. The number of hydrogen-bond donors (Lipinski definition) is 2. The van der Waals surface area contributed by atoms with E-state index in [1.807, 2.05) is 0 Å². The molecule has 0 spiro atoms. The van der Waals surface area contributed by atoms with Crippen molar-refractivity contribution >= 4 is 11.6 Å². The van der Waals surface area contributed by atoms with Crippen molar-refractivity contribution in [3.05, 3.63) is 30.7 Å². The van der Waals surface area contributed by atoms with Crippen molar-refractivity contribution in [3.8, 4) is 11.5 Å². The number of benzene rings is 1. The Kier molecular flexibility index (Phi) is 3.68. The van der Waals surface area contributed by atoms with Gasteiger partial charge in [-0.25, -0.2) is 0 Å². The Labute approximate surface area is 121 Å². The van der Waals surface area contributed by atoms with Crippen molar-refractivity contribution in [2.75, 3.05) is 18.5 Å². The van der Waals surface area contributed by atoms with E-state index >= 15 is 0 Å². The molecular formula is C14H16N4O3. The van der Waals surface area contributed by atoms with Gasteiger partial charge in [0, 0.05) is 24.5 Å². The maximum Gasteiger partial charge on any atom is 0.247 e. The molecule has 7 nitrogen and oxygen atoms in total. The molecule has 110 valence electrons. The van der Waals surface area contributed by atoms with Crippen LogP contribution in [0.2, 0.25) is 0 Å². The zero-order chi connectivity index (χ0) is 14.7. The van der Waals surface area contributed by atoms with Crippen molar-refractivity contribution in [1.82, 2.24) is 10.2 Å². The zero-order valence-corrected chi connectivity index (χ0v) is 11.4. The fourth-order valence-corrected chi connectivity index (χ4v) is 2.21. The second kappa shape index (κ2) is 5.63. The summed E-state index contributed by atoms with van der Waals surface area (Å²) in [6, 6.07) is 7.16. The van der Waals surface area contributed by atoms with Crippen LogP contribution in [0.15, 0.2) is 35.1 Å². The molecule has 0 radical (unpaired) electrons. The van der Waals surface area contributed by atoms with E-state index in [0.29, 0.717) is 37.6 Å². The lowest BCUT2D eigenvalue weighted by atomic mass is 9.90. The number of rotatable bonds is 3. The van der Waals surface area contributed by atoms with E-state index in [2.05, 4.69) is 15.5 Å². The molecule has 0 aliphatic carbocycles. The first-order valence-electron chi connectivity index (χ1n) is 6.72. The molecule has 0 bridgehead atoms. The zero-order valence-electron chi connectivity index (χ0n) is 11.4. The molecule has 1 aliphatic heterocycles. The lowest BCUT2D eigenvalue weighted by Crippen LogP contribution is -2.54. The van der Waals surface area contributed by atoms with Gasteiger partial charge in [0.05, 0.1) is 0 Å². The number of carbonyl (C=O) groups excluding carboxylic acids is 1. The quantitative estimate of drug-likeness (QED) is 0.879. The van der Waals surface area contributed by atoms with E-state index in [0.717, 1.165) is 5.56 Å². The molecule has 2 aromatic rings. The van der Waals surface area contributed by atoms with Gasteiger partial charge in [0.15, 0.2) is 0 Å². The first kappa shape index (κ1) is 13.7. The van der Waals surface area contributed by atoms with E-state index < -0.39 is 5.54 Å². The van der Waals surface area contributed by atoms with Crippen molar-refractivity contribution in [2.24, 2.45) is 5.73 Å². The molecular weight excluding hydrogens is 272 g/mol. The topological polar surface area (TPSA) is 103 Å². The van der Waals surface area contributed by atoms with Gasteiger partial charge in [-0.05, 0) is 37.1 Å². The lowest BCUT2D eigenvalue weighted by molar-refractivity contribution is -0.124. The predicted molar refractivity (Wildman–Crippen MR) is 75.3 cm³/mol. The molecule has 3 N–H and O–H groups in total. The first-order valence-corrected chi connectivity index (χ1v) is 6.72. The molecule has 1 aromatic heterocycles. The maximum atomic E-state index is 12.3. The molecule has 1 fully saturated rings. The van der Waals surface area contributed by atoms with Gasteiger partial charge in [-0.1, -0.05) is 0 Å². The van der Waals surface area contributed by atoms with E-state index in [1.165, 1.54) is 6.39 Å². The minimum absolute atomic E-state index is 0.184. The van der Waals surface area contributed by atoms with Gasteiger partial charge in [-0.15, -0.1) is 10.2 Å². The van der Waals surface area contributed by atoms with Gasteiger partial charge in [0.25, 0.3) is 0 Å². The molecule has 0 saturated carbocycles. The molecule has 1 saturated heterocycles. The minimum Gasteiger partial charge on any atom is -0.423 e. The third-order valence-electron chi connectivity index (χ3n) is 3.59. The standard InChI is InChI=1S/C14H16N4O3/c15-14(5-7-20-8-6-14)13(19)17-11-3-1-10(2-4-11)12-18-16-9-21-12/h1-4,9H,5-8,15H2,(H,17,19).